The molecule has 0 aliphatic carbocycles. The number of rotatable bonds is 4. The van der Waals surface area contributed by atoms with Gasteiger partial charge in [0, 0.05) is 24.9 Å². The molecule has 0 radical (unpaired) electrons. The van der Waals surface area contributed by atoms with E-state index in [9.17, 15) is 4.79 Å². The van der Waals surface area contributed by atoms with Crippen LogP contribution in [0.4, 0.5) is 5.69 Å². The predicted molar refractivity (Wildman–Crippen MR) is 60.6 cm³/mol. The number of hydrogen-bond acceptors (Lipinski definition) is 4. The summed E-state index contributed by atoms with van der Waals surface area (Å²) < 4.78 is 0. The van der Waals surface area contributed by atoms with E-state index in [2.05, 4.69) is 25.5 Å². The Labute approximate surface area is 96.1 Å². The summed E-state index contributed by atoms with van der Waals surface area (Å²) in [6, 6.07) is 0. The van der Waals surface area contributed by atoms with E-state index in [-0.39, 0.29) is 5.02 Å². The molecule has 2 aromatic heterocycles. The molecule has 6 nitrogen and oxygen atoms in total. The van der Waals surface area contributed by atoms with Gasteiger partial charge in [0.2, 0.25) is 0 Å². The van der Waals surface area contributed by atoms with Crippen molar-refractivity contribution in [3.8, 4) is 0 Å². The van der Waals surface area contributed by atoms with Gasteiger partial charge in [-0.15, -0.1) is 0 Å². The molecule has 16 heavy (non-hydrogen) atoms. The Morgan fingerprint density at radius 3 is 3.06 bits per heavy atom. The van der Waals surface area contributed by atoms with Gasteiger partial charge in [0.15, 0.2) is 0 Å². The summed E-state index contributed by atoms with van der Waals surface area (Å²) in [6.45, 7) is 0.646. The molecule has 0 saturated carbocycles. The number of hydrogen-bond donors (Lipinski definition) is 3. The van der Waals surface area contributed by atoms with Crippen LogP contribution < -0.4 is 10.9 Å². The number of aromatic amines is 2. The first-order valence-corrected chi connectivity index (χ1v) is 5.09. The van der Waals surface area contributed by atoms with Crippen molar-refractivity contribution < 1.29 is 0 Å². The maximum Gasteiger partial charge on any atom is 0.285 e. The third-order valence-corrected chi connectivity index (χ3v) is 2.44. The molecule has 0 aromatic carbocycles. The fourth-order valence-corrected chi connectivity index (χ4v) is 1.42. The molecule has 84 valence electrons. The van der Waals surface area contributed by atoms with Gasteiger partial charge in [0.1, 0.15) is 5.02 Å². The standard InChI is InChI=1S/C9H10ClN5O/c10-8-7(4-14-15-9(8)16)12-2-1-6-3-11-5-13-6/h3-5H,1-2H2,(H,11,13)(H2,12,15,16). The van der Waals surface area contributed by atoms with Crippen molar-refractivity contribution in [2.45, 2.75) is 6.42 Å². The lowest BCUT2D eigenvalue weighted by Crippen LogP contribution is -2.13. The van der Waals surface area contributed by atoms with Crippen molar-refractivity contribution in [1.29, 1.82) is 0 Å². The normalized spacial score (nSPS) is 10.3. The Morgan fingerprint density at radius 1 is 1.44 bits per heavy atom. The van der Waals surface area contributed by atoms with Gasteiger partial charge in [-0.2, -0.15) is 5.10 Å². The van der Waals surface area contributed by atoms with Crippen LogP contribution >= 0.6 is 11.6 Å². The van der Waals surface area contributed by atoms with E-state index < -0.39 is 5.56 Å². The van der Waals surface area contributed by atoms with Gasteiger partial charge in [0.25, 0.3) is 5.56 Å². The summed E-state index contributed by atoms with van der Waals surface area (Å²) in [5.41, 5.74) is 1.15. The zero-order valence-corrected chi connectivity index (χ0v) is 9.08. The zero-order valence-electron chi connectivity index (χ0n) is 8.33. The minimum Gasteiger partial charge on any atom is -0.382 e. The largest absolute Gasteiger partial charge is 0.382 e. The third-order valence-electron chi connectivity index (χ3n) is 2.06. The van der Waals surface area contributed by atoms with Crippen LogP contribution in [0.25, 0.3) is 0 Å². The molecule has 0 unspecified atom stereocenters. The van der Waals surface area contributed by atoms with E-state index in [4.69, 9.17) is 11.6 Å². The molecular weight excluding hydrogens is 230 g/mol. The van der Waals surface area contributed by atoms with Crippen molar-refractivity contribution in [1.82, 2.24) is 20.2 Å². The molecule has 0 spiro atoms. The quantitative estimate of drug-likeness (QED) is 0.737. The number of H-pyrrole nitrogens is 2. The maximum atomic E-state index is 11.1. The van der Waals surface area contributed by atoms with Crippen molar-refractivity contribution in [3.05, 3.63) is 39.8 Å². The van der Waals surface area contributed by atoms with Crippen LogP contribution in [0.15, 0.2) is 23.5 Å². The number of nitrogens with zero attached hydrogens (tertiary/aromatic N) is 2. The lowest BCUT2D eigenvalue weighted by atomic mass is 10.3. The smallest absolute Gasteiger partial charge is 0.285 e. The SMILES string of the molecule is O=c1[nH]ncc(NCCc2cnc[nH]2)c1Cl. The van der Waals surface area contributed by atoms with Gasteiger partial charge in [0.05, 0.1) is 18.2 Å². The highest BCUT2D eigenvalue weighted by Crippen LogP contribution is 2.13. The molecule has 0 aliphatic heterocycles. The van der Waals surface area contributed by atoms with Gasteiger partial charge < -0.3 is 10.3 Å². The molecule has 2 heterocycles. The van der Waals surface area contributed by atoms with Crippen LogP contribution in [0.5, 0.6) is 0 Å². The lowest BCUT2D eigenvalue weighted by Gasteiger charge is -2.05. The van der Waals surface area contributed by atoms with E-state index in [0.717, 1.165) is 12.1 Å². The average Bonchev–Trinajstić information content (AvgIpc) is 2.77. The fraction of sp³-hybridized carbons (Fsp3) is 0.222. The fourth-order valence-electron chi connectivity index (χ4n) is 1.26. The van der Waals surface area contributed by atoms with Gasteiger partial charge in [-0.05, 0) is 0 Å². The summed E-state index contributed by atoms with van der Waals surface area (Å²) in [7, 11) is 0. The Kier molecular flexibility index (Phi) is 3.21. The first-order valence-electron chi connectivity index (χ1n) is 4.71. The topological polar surface area (TPSA) is 86.5 Å². The number of anilines is 1. The van der Waals surface area contributed by atoms with Gasteiger partial charge in [-0.1, -0.05) is 11.6 Å². The van der Waals surface area contributed by atoms with E-state index in [1.54, 1.807) is 12.5 Å². The second-order valence-electron chi connectivity index (χ2n) is 3.18. The Morgan fingerprint density at radius 2 is 2.31 bits per heavy atom. The average molecular weight is 240 g/mol. The monoisotopic (exact) mass is 239 g/mol. The molecule has 0 amide bonds. The van der Waals surface area contributed by atoms with Crippen molar-refractivity contribution >= 4 is 17.3 Å². The van der Waals surface area contributed by atoms with Gasteiger partial charge >= 0.3 is 0 Å². The lowest BCUT2D eigenvalue weighted by molar-refractivity contribution is 0.953. The number of halogens is 1. The van der Waals surface area contributed by atoms with Gasteiger partial charge in [-0.25, -0.2) is 10.1 Å². The van der Waals surface area contributed by atoms with Crippen molar-refractivity contribution in [2.24, 2.45) is 0 Å². The molecule has 0 saturated heterocycles. The molecule has 2 rings (SSSR count). The molecule has 3 N–H and O–H groups in total. The van der Waals surface area contributed by atoms with Crippen LogP contribution in [-0.4, -0.2) is 26.7 Å². The Bertz CT molecular complexity index is 507. The van der Waals surface area contributed by atoms with Crippen LogP contribution in [-0.2, 0) is 6.42 Å². The highest BCUT2D eigenvalue weighted by Gasteiger charge is 2.03. The molecule has 0 atom stereocenters. The maximum absolute atomic E-state index is 11.1. The van der Waals surface area contributed by atoms with Crippen molar-refractivity contribution in [2.75, 3.05) is 11.9 Å². The Balaban J connectivity index is 1.95. The van der Waals surface area contributed by atoms with E-state index in [0.29, 0.717) is 12.2 Å². The predicted octanol–water partition coefficient (Wildman–Crippen LogP) is 0.801. The van der Waals surface area contributed by atoms with Crippen LogP contribution in [0.3, 0.4) is 0 Å². The highest BCUT2D eigenvalue weighted by atomic mass is 35.5. The summed E-state index contributed by atoms with van der Waals surface area (Å²) >= 11 is 5.79. The first-order chi connectivity index (χ1) is 7.77. The van der Waals surface area contributed by atoms with Crippen molar-refractivity contribution in [3.63, 3.8) is 0 Å². The number of aromatic nitrogens is 4. The molecule has 0 fully saturated rings. The van der Waals surface area contributed by atoms with Crippen LogP contribution in [0.1, 0.15) is 5.69 Å². The second kappa shape index (κ2) is 4.80. The summed E-state index contributed by atoms with van der Waals surface area (Å²) in [5.74, 6) is 0. The molecule has 0 aliphatic rings. The van der Waals surface area contributed by atoms with Gasteiger partial charge in [-0.3, -0.25) is 4.79 Å². The molecule has 2 aromatic rings. The summed E-state index contributed by atoms with van der Waals surface area (Å²) in [5, 5.41) is 9.06. The number of imidazole rings is 1. The minimum absolute atomic E-state index is 0.125. The van der Waals surface area contributed by atoms with Crippen LogP contribution in [0, 0.1) is 0 Å². The third kappa shape index (κ3) is 2.40. The Hall–Kier alpha value is -1.82. The molecule has 7 heteroatoms. The summed E-state index contributed by atoms with van der Waals surface area (Å²) in [6.07, 6.45) is 5.62. The van der Waals surface area contributed by atoms with E-state index in [1.165, 1.54) is 6.20 Å². The number of nitrogens with one attached hydrogen (secondary N) is 3. The molecule has 0 bridgehead atoms. The minimum atomic E-state index is -0.395. The molecular formula is C9H10ClN5O. The van der Waals surface area contributed by atoms with Crippen LogP contribution in [0.2, 0.25) is 5.02 Å². The van der Waals surface area contributed by atoms with E-state index >= 15 is 0 Å². The summed E-state index contributed by atoms with van der Waals surface area (Å²) in [4.78, 5) is 18.0. The zero-order chi connectivity index (χ0) is 11.4. The first kappa shape index (κ1) is 10.7. The van der Waals surface area contributed by atoms with E-state index in [1.807, 2.05) is 0 Å². The second-order valence-corrected chi connectivity index (χ2v) is 3.56. The highest BCUT2D eigenvalue weighted by molar-refractivity contribution is 6.32.